The summed E-state index contributed by atoms with van der Waals surface area (Å²) in [4.78, 5) is 11.6. The molecule has 0 atom stereocenters. The highest BCUT2D eigenvalue weighted by Crippen LogP contribution is 2.03. The van der Waals surface area contributed by atoms with Gasteiger partial charge in [-0.1, -0.05) is 13.8 Å². The largest absolute Gasteiger partial charge is 0.366 e. The van der Waals surface area contributed by atoms with E-state index in [9.17, 15) is 4.79 Å². The van der Waals surface area contributed by atoms with Crippen LogP contribution in [-0.4, -0.2) is 28.7 Å². The van der Waals surface area contributed by atoms with Crippen LogP contribution < -0.4 is 10.6 Å². The monoisotopic (exact) mass is 236 g/mol. The fourth-order valence-electron chi connectivity index (χ4n) is 1.21. The molecule has 0 aromatic carbocycles. The van der Waals surface area contributed by atoms with Crippen molar-refractivity contribution >= 4 is 11.7 Å². The number of hydrogen-bond donors (Lipinski definition) is 2. The molecule has 1 aromatic heterocycles. The van der Waals surface area contributed by atoms with Gasteiger partial charge in [-0.3, -0.25) is 4.79 Å². The molecule has 5 nitrogen and oxygen atoms in total. The van der Waals surface area contributed by atoms with E-state index < -0.39 is 0 Å². The van der Waals surface area contributed by atoms with Crippen LogP contribution >= 0.6 is 0 Å². The lowest BCUT2D eigenvalue weighted by molar-refractivity contribution is 0.0943. The van der Waals surface area contributed by atoms with Gasteiger partial charge in [-0.05, 0) is 31.9 Å². The van der Waals surface area contributed by atoms with Crippen molar-refractivity contribution in [2.75, 3.05) is 11.9 Å². The van der Waals surface area contributed by atoms with Gasteiger partial charge in [0.2, 0.25) is 0 Å². The first-order chi connectivity index (χ1) is 7.99. The summed E-state index contributed by atoms with van der Waals surface area (Å²) in [5.41, 5.74) is 0.347. The van der Waals surface area contributed by atoms with Crippen molar-refractivity contribution in [3.8, 4) is 0 Å². The second-order valence-corrected chi connectivity index (χ2v) is 4.71. The molecule has 1 amide bonds. The van der Waals surface area contributed by atoms with Crippen LogP contribution in [-0.2, 0) is 0 Å². The van der Waals surface area contributed by atoms with Gasteiger partial charge in [-0.15, -0.1) is 10.2 Å². The minimum atomic E-state index is -0.178. The van der Waals surface area contributed by atoms with E-state index in [0.29, 0.717) is 30.0 Å². The van der Waals surface area contributed by atoms with Gasteiger partial charge >= 0.3 is 0 Å². The lowest BCUT2D eigenvalue weighted by Gasteiger charge is -2.09. The number of rotatable bonds is 5. The Balaban J connectivity index is 2.57. The molecule has 0 aliphatic carbocycles. The molecule has 0 aliphatic rings. The summed E-state index contributed by atoms with van der Waals surface area (Å²) >= 11 is 0. The average molecular weight is 236 g/mol. The molecule has 0 fully saturated rings. The Morgan fingerprint density at radius 3 is 2.41 bits per heavy atom. The second-order valence-electron chi connectivity index (χ2n) is 4.71. The Kier molecular flexibility index (Phi) is 4.87. The highest BCUT2D eigenvalue weighted by atomic mass is 16.1. The smallest absolute Gasteiger partial charge is 0.271 e. The van der Waals surface area contributed by atoms with Crippen LogP contribution in [0, 0.1) is 5.92 Å². The summed E-state index contributed by atoms with van der Waals surface area (Å²) in [7, 11) is 0. The summed E-state index contributed by atoms with van der Waals surface area (Å²) in [6.45, 7) is 8.77. The topological polar surface area (TPSA) is 66.9 Å². The van der Waals surface area contributed by atoms with Crippen LogP contribution in [0.25, 0.3) is 0 Å². The number of carbonyl (C=O) groups is 1. The molecular formula is C12H20N4O. The maximum atomic E-state index is 11.6. The van der Waals surface area contributed by atoms with Crippen molar-refractivity contribution in [2.45, 2.75) is 33.7 Å². The molecule has 0 unspecified atom stereocenters. The predicted molar refractivity (Wildman–Crippen MR) is 68.0 cm³/mol. The van der Waals surface area contributed by atoms with Crippen LogP contribution in [0.3, 0.4) is 0 Å². The van der Waals surface area contributed by atoms with Gasteiger partial charge in [0.1, 0.15) is 5.82 Å². The zero-order valence-corrected chi connectivity index (χ0v) is 10.8. The van der Waals surface area contributed by atoms with Crippen molar-refractivity contribution in [3.05, 3.63) is 17.8 Å². The van der Waals surface area contributed by atoms with Gasteiger partial charge in [-0.25, -0.2) is 0 Å². The van der Waals surface area contributed by atoms with E-state index in [0.717, 1.165) is 0 Å². The fraction of sp³-hybridized carbons (Fsp3) is 0.583. The molecule has 2 N–H and O–H groups in total. The maximum Gasteiger partial charge on any atom is 0.271 e. The number of carbonyl (C=O) groups excluding carboxylic acids is 1. The average Bonchev–Trinajstić information content (AvgIpc) is 2.26. The molecule has 94 valence electrons. The number of hydrogen-bond acceptors (Lipinski definition) is 4. The number of nitrogens with one attached hydrogen (secondary N) is 2. The van der Waals surface area contributed by atoms with E-state index in [4.69, 9.17) is 0 Å². The van der Waals surface area contributed by atoms with E-state index in [1.165, 1.54) is 0 Å². The van der Waals surface area contributed by atoms with Gasteiger partial charge in [-0.2, -0.15) is 0 Å². The fourth-order valence-corrected chi connectivity index (χ4v) is 1.21. The summed E-state index contributed by atoms with van der Waals surface area (Å²) in [6.07, 6.45) is 0. The molecule has 0 radical (unpaired) electrons. The predicted octanol–water partition coefficient (Wildman–Crippen LogP) is 1.68. The normalized spacial score (nSPS) is 10.7. The molecule has 5 heteroatoms. The molecule has 1 heterocycles. The third-order valence-corrected chi connectivity index (χ3v) is 2.00. The van der Waals surface area contributed by atoms with E-state index in [2.05, 4.69) is 20.8 Å². The van der Waals surface area contributed by atoms with E-state index >= 15 is 0 Å². The van der Waals surface area contributed by atoms with Crippen LogP contribution in [0.5, 0.6) is 0 Å². The summed E-state index contributed by atoms with van der Waals surface area (Å²) < 4.78 is 0. The van der Waals surface area contributed by atoms with Gasteiger partial charge in [0.25, 0.3) is 5.91 Å². The second kappa shape index (κ2) is 6.18. The Bertz CT molecular complexity index is 359. The molecule has 1 rings (SSSR count). The summed E-state index contributed by atoms with van der Waals surface area (Å²) in [6, 6.07) is 3.73. The van der Waals surface area contributed by atoms with Crippen LogP contribution in [0.2, 0.25) is 0 Å². The van der Waals surface area contributed by atoms with Gasteiger partial charge < -0.3 is 10.6 Å². The van der Waals surface area contributed by atoms with E-state index in [1.54, 1.807) is 12.1 Å². The molecule has 0 saturated carbocycles. The lowest BCUT2D eigenvalue weighted by atomic mass is 10.2. The van der Waals surface area contributed by atoms with E-state index in [1.807, 2.05) is 27.7 Å². The summed E-state index contributed by atoms with van der Waals surface area (Å²) in [5, 5.41) is 13.7. The van der Waals surface area contributed by atoms with Crippen molar-refractivity contribution in [1.29, 1.82) is 0 Å². The molecule has 0 saturated heterocycles. The standard InChI is InChI=1S/C12H20N4O/c1-8(2)7-13-12(17)10-5-6-11(16-15-10)14-9(3)4/h5-6,8-9H,7H2,1-4H3,(H,13,17)(H,14,16). The molecule has 17 heavy (non-hydrogen) atoms. The van der Waals surface area contributed by atoms with Gasteiger partial charge in [0.05, 0.1) is 0 Å². The molecule has 0 bridgehead atoms. The SMILES string of the molecule is CC(C)CNC(=O)c1ccc(NC(C)C)nn1. The van der Waals surface area contributed by atoms with Crippen molar-refractivity contribution in [3.63, 3.8) is 0 Å². The van der Waals surface area contributed by atoms with Crippen LogP contribution in [0.15, 0.2) is 12.1 Å². The molecule has 0 aliphatic heterocycles. The number of nitrogens with zero attached hydrogens (tertiary/aromatic N) is 2. The van der Waals surface area contributed by atoms with Crippen LogP contribution in [0.4, 0.5) is 5.82 Å². The zero-order chi connectivity index (χ0) is 12.8. The maximum absolute atomic E-state index is 11.6. The highest BCUT2D eigenvalue weighted by Gasteiger charge is 2.08. The van der Waals surface area contributed by atoms with Crippen LogP contribution in [0.1, 0.15) is 38.2 Å². The highest BCUT2D eigenvalue weighted by molar-refractivity contribution is 5.92. The Morgan fingerprint density at radius 1 is 1.24 bits per heavy atom. The Hall–Kier alpha value is -1.65. The zero-order valence-electron chi connectivity index (χ0n) is 10.8. The Morgan fingerprint density at radius 2 is 1.94 bits per heavy atom. The van der Waals surface area contributed by atoms with Gasteiger partial charge in [0.15, 0.2) is 5.69 Å². The number of amides is 1. The Labute approximate surface area is 102 Å². The molecular weight excluding hydrogens is 216 g/mol. The third-order valence-electron chi connectivity index (χ3n) is 2.00. The van der Waals surface area contributed by atoms with Crippen molar-refractivity contribution in [2.24, 2.45) is 5.92 Å². The third kappa shape index (κ3) is 4.80. The van der Waals surface area contributed by atoms with Crippen molar-refractivity contribution in [1.82, 2.24) is 15.5 Å². The minimum absolute atomic E-state index is 0.178. The number of anilines is 1. The lowest BCUT2D eigenvalue weighted by Crippen LogP contribution is -2.28. The minimum Gasteiger partial charge on any atom is -0.366 e. The summed E-state index contributed by atoms with van der Waals surface area (Å²) in [5.74, 6) is 0.927. The molecule has 1 aromatic rings. The van der Waals surface area contributed by atoms with E-state index in [-0.39, 0.29) is 5.91 Å². The number of aromatic nitrogens is 2. The van der Waals surface area contributed by atoms with Gasteiger partial charge in [0, 0.05) is 12.6 Å². The first-order valence-electron chi connectivity index (χ1n) is 5.87. The quantitative estimate of drug-likeness (QED) is 0.816. The van der Waals surface area contributed by atoms with Crippen molar-refractivity contribution < 1.29 is 4.79 Å². The first-order valence-corrected chi connectivity index (χ1v) is 5.87. The first kappa shape index (κ1) is 13.4. The molecule has 0 spiro atoms.